The average molecular weight is 407 g/mol. The minimum Gasteiger partial charge on any atom is -0.496 e. The van der Waals surface area contributed by atoms with Gasteiger partial charge in [-0.15, -0.1) is 0 Å². The van der Waals surface area contributed by atoms with Crippen LogP contribution >= 0.6 is 11.6 Å². The number of halogens is 1. The van der Waals surface area contributed by atoms with Crippen molar-refractivity contribution >= 4 is 23.4 Å². The summed E-state index contributed by atoms with van der Waals surface area (Å²) in [6.45, 7) is 1.42. The fourth-order valence-corrected chi connectivity index (χ4v) is 4.53. The van der Waals surface area contributed by atoms with Crippen LogP contribution in [0.3, 0.4) is 0 Å². The molecule has 0 spiro atoms. The van der Waals surface area contributed by atoms with Crippen LogP contribution in [0.5, 0.6) is 5.75 Å². The van der Waals surface area contributed by atoms with Gasteiger partial charge in [-0.2, -0.15) is 0 Å². The van der Waals surface area contributed by atoms with Crippen LogP contribution in [-0.2, 0) is 4.79 Å². The zero-order chi connectivity index (χ0) is 19.9. The second-order valence-electron chi connectivity index (χ2n) is 8.02. The summed E-state index contributed by atoms with van der Waals surface area (Å²) in [6.07, 6.45) is 9.83. The summed E-state index contributed by atoms with van der Waals surface area (Å²) < 4.78 is 5.26. The molecule has 1 saturated heterocycles. The summed E-state index contributed by atoms with van der Waals surface area (Å²) in [5, 5.41) is 3.57. The van der Waals surface area contributed by atoms with E-state index in [9.17, 15) is 9.59 Å². The van der Waals surface area contributed by atoms with Gasteiger partial charge in [0.25, 0.3) is 5.91 Å². The first-order valence-corrected chi connectivity index (χ1v) is 10.9. The number of likely N-dealkylation sites (tertiary alicyclic amines) is 1. The Labute approximate surface area is 172 Å². The third-order valence-electron chi connectivity index (χ3n) is 6.08. The molecule has 5 nitrogen and oxygen atoms in total. The molecule has 1 aliphatic heterocycles. The number of methoxy groups -OCH3 is 1. The zero-order valence-electron chi connectivity index (χ0n) is 16.7. The topological polar surface area (TPSA) is 58.6 Å². The Kier molecular flexibility index (Phi) is 7.60. The van der Waals surface area contributed by atoms with Crippen molar-refractivity contribution in [3.8, 4) is 5.75 Å². The molecular weight excluding hydrogens is 376 g/mol. The number of hydrogen-bond acceptors (Lipinski definition) is 3. The van der Waals surface area contributed by atoms with Gasteiger partial charge < -0.3 is 15.0 Å². The quantitative estimate of drug-likeness (QED) is 0.760. The summed E-state index contributed by atoms with van der Waals surface area (Å²) >= 11 is 6.02. The molecule has 0 aromatic heterocycles. The maximum Gasteiger partial charge on any atom is 0.255 e. The molecule has 0 bridgehead atoms. The van der Waals surface area contributed by atoms with Crippen LogP contribution in [0.1, 0.15) is 68.1 Å². The first-order valence-electron chi connectivity index (χ1n) is 10.5. The number of amides is 2. The fourth-order valence-electron chi connectivity index (χ4n) is 4.36. The van der Waals surface area contributed by atoms with Crippen molar-refractivity contribution < 1.29 is 14.3 Å². The lowest BCUT2D eigenvalue weighted by Crippen LogP contribution is -2.46. The van der Waals surface area contributed by atoms with Gasteiger partial charge in [0.1, 0.15) is 5.75 Å². The Morgan fingerprint density at radius 3 is 2.54 bits per heavy atom. The maximum absolute atomic E-state index is 12.6. The van der Waals surface area contributed by atoms with Gasteiger partial charge in [0, 0.05) is 30.6 Å². The molecule has 1 aromatic carbocycles. The molecule has 154 valence electrons. The number of carbonyl (C=O) groups excluding carboxylic acids is 2. The van der Waals surface area contributed by atoms with Crippen LogP contribution in [0.2, 0.25) is 5.02 Å². The lowest BCUT2D eigenvalue weighted by molar-refractivity contribution is -0.132. The molecule has 1 N–H and O–H groups in total. The van der Waals surface area contributed by atoms with Crippen LogP contribution in [0.25, 0.3) is 0 Å². The van der Waals surface area contributed by atoms with Gasteiger partial charge in [0.05, 0.1) is 12.7 Å². The van der Waals surface area contributed by atoms with Gasteiger partial charge in [-0.25, -0.2) is 0 Å². The molecule has 2 amide bonds. The van der Waals surface area contributed by atoms with E-state index in [1.54, 1.807) is 18.2 Å². The Balaban J connectivity index is 1.44. The van der Waals surface area contributed by atoms with E-state index in [-0.39, 0.29) is 17.9 Å². The molecule has 0 atom stereocenters. The largest absolute Gasteiger partial charge is 0.496 e. The Morgan fingerprint density at radius 1 is 1.14 bits per heavy atom. The number of piperidine rings is 1. The van der Waals surface area contributed by atoms with Crippen LogP contribution < -0.4 is 10.1 Å². The Morgan fingerprint density at radius 2 is 1.86 bits per heavy atom. The van der Waals surface area contributed by atoms with Crippen molar-refractivity contribution in [3.05, 3.63) is 28.8 Å². The highest BCUT2D eigenvalue weighted by Crippen LogP contribution is 2.28. The van der Waals surface area contributed by atoms with Gasteiger partial charge >= 0.3 is 0 Å². The Hall–Kier alpha value is -1.75. The number of benzene rings is 1. The minimum absolute atomic E-state index is 0.0681. The van der Waals surface area contributed by atoms with E-state index in [0.29, 0.717) is 35.8 Å². The van der Waals surface area contributed by atoms with E-state index in [1.165, 1.54) is 39.2 Å². The lowest BCUT2D eigenvalue weighted by atomic mass is 9.86. The third-order valence-corrected chi connectivity index (χ3v) is 6.32. The summed E-state index contributed by atoms with van der Waals surface area (Å²) in [6, 6.07) is 5.09. The summed E-state index contributed by atoms with van der Waals surface area (Å²) in [5.41, 5.74) is 0.445. The van der Waals surface area contributed by atoms with E-state index in [4.69, 9.17) is 16.3 Å². The van der Waals surface area contributed by atoms with Crippen LogP contribution in [0.15, 0.2) is 18.2 Å². The molecule has 3 rings (SSSR count). The molecule has 2 fully saturated rings. The highest BCUT2D eigenvalue weighted by molar-refractivity contribution is 6.31. The summed E-state index contributed by atoms with van der Waals surface area (Å²) in [7, 11) is 1.54. The molecular formula is C22H31ClN2O3. The smallest absolute Gasteiger partial charge is 0.255 e. The average Bonchev–Trinajstić information content (AvgIpc) is 2.73. The number of carbonyl (C=O) groups is 2. The van der Waals surface area contributed by atoms with Crippen molar-refractivity contribution in [2.45, 2.75) is 63.8 Å². The first-order chi connectivity index (χ1) is 13.6. The van der Waals surface area contributed by atoms with E-state index in [2.05, 4.69) is 5.32 Å². The molecule has 6 heteroatoms. The van der Waals surface area contributed by atoms with Gasteiger partial charge in [-0.3, -0.25) is 9.59 Å². The summed E-state index contributed by atoms with van der Waals surface area (Å²) in [5.74, 6) is 1.34. The summed E-state index contributed by atoms with van der Waals surface area (Å²) in [4.78, 5) is 27.1. The van der Waals surface area contributed by atoms with Gasteiger partial charge in [-0.1, -0.05) is 43.7 Å². The third kappa shape index (κ3) is 5.63. The zero-order valence-corrected chi connectivity index (χ0v) is 17.5. The number of hydrogen-bond donors (Lipinski definition) is 1. The predicted octanol–water partition coefficient (Wildman–Crippen LogP) is 4.43. The SMILES string of the molecule is COc1ccc(Cl)cc1C(=O)NC1CCN(C(=O)CCC2CCCCC2)CC1. The second kappa shape index (κ2) is 10.1. The van der Waals surface area contributed by atoms with Crippen molar-refractivity contribution in [1.82, 2.24) is 10.2 Å². The molecule has 1 saturated carbocycles. The molecule has 28 heavy (non-hydrogen) atoms. The van der Waals surface area contributed by atoms with Crippen LogP contribution in [-0.4, -0.2) is 43.0 Å². The van der Waals surface area contributed by atoms with E-state index in [1.807, 2.05) is 4.90 Å². The van der Waals surface area contributed by atoms with Crippen molar-refractivity contribution in [3.63, 3.8) is 0 Å². The van der Waals surface area contributed by atoms with E-state index < -0.39 is 0 Å². The molecule has 0 radical (unpaired) electrons. The van der Waals surface area contributed by atoms with Crippen LogP contribution in [0.4, 0.5) is 0 Å². The maximum atomic E-state index is 12.6. The molecule has 1 aliphatic carbocycles. The normalized spacial score (nSPS) is 18.7. The molecule has 0 unspecified atom stereocenters. The van der Waals surface area contributed by atoms with Crippen molar-refractivity contribution in [2.75, 3.05) is 20.2 Å². The number of nitrogens with one attached hydrogen (secondary N) is 1. The predicted molar refractivity (Wildman–Crippen MR) is 111 cm³/mol. The molecule has 2 aliphatic rings. The standard InChI is InChI=1S/C22H31ClN2O3/c1-28-20-9-8-17(23)15-19(20)22(27)24-18-11-13-25(14-12-18)21(26)10-7-16-5-3-2-4-6-16/h8-9,15-16,18H,2-7,10-14H2,1H3,(H,24,27). The van der Waals surface area contributed by atoms with Gasteiger partial charge in [-0.05, 0) is 43.4 Å². The monoisotopic (exact) mass is 406 g/mol. The number of nitrogens with zero attached hydrogens (tertiary/aromatic N) is 1. The first kappa shape index (κ1) is 21.0. The lowest BCUT2D eigenvalue weighted by Gasteiger charge is -2.33. The van der Waals surface area contributed by atoms with Crippen molar-refractivity contribution in [2.24, 2.45) is 5.92 Å². The van der Waals surface area contributed by atoms with Crippen molar-refractivity contribution in [1.29, 1.82) is 0 Å². The number of rotatable bonds is 6. The second-order valence-corrected chi connectivity index (χ2v) is 8.45. The highest BCUT2D eigenvalue weighted by atomic mass is 35.5. The molecule has 1 heterocycles. The van der Waals surface area contributed by atoms with E-state index in [0.717, 1.165) is 25.2 Å². The van der Waals surface area contributed by atoms with Gasteiger partial charge in [0.2, 0.25) is 5.91 Å². The Bertz CT molecular complexity index is 680. The fraction of sp³-hybridized carbons (Fsp3) is 0.636. The highest BCUT2D eigenvalue weighted by Gasteiger charge is 2.25. The van der Waals surface area contributed by atoms with Crippen LogP contribution in [0, 0.1) is 5.92 Å². The minimum atomic E-state index is -0.179. The molecule has 1 aromatic rings. The van der Waals surface area contributed by atoms with E-state index >= 15 is 0 Å². The number of ether oxygens (including phenoxy) is 1. The van der Waals surface area contributed by atoms with Gasteiger partial charge in [0.15, 0.2) is 0 Å².